The molecule has 3 heterocycles. The number of esters is 1. The number of amides is 1. The van der Waals surface area contributed by atoms with Gasteiger partial charge in [-0.15, -0.1) is 0 Å². The SMILES string of the molecule is CCOC(=O)C1CCN(C(=O)C(C)n2ccc3oc(C)cc3c2=O)CC1. The third-order valence-corrected chi connectivity index (χ3v) is 4.94. The molecule has 0 aromatic carbocycles. The quantitative estimate of drug-likeness (QED) is 0.781. The summed E-state index contributed by atoms with van der Waals surface area (Å²) in [7, 11) is 0. The Labute approximate surface area is 151 Å². The van der Waals surface area contributed by atoms with Gasteiger partial charge < -0.3 is 18.6 Å². The Morgan fingerprint density at radius 1 is 1.35 bits per heavy atom. The first-order chi connectivity index (χ1) is 12.4. The van der Waals surface area contributed by atoms with Crippen LogP contribution in [0.15, 0.2) is 27.5 Å². The van der Waals surface area contributed by atoms with Crippen LogP contribution in [0.2, 0.25) is 0 Å². The number of hydrogen-bond donors (Lipinski definition) is 0. The van der Waals surface area contributed by atoms with Crippen LogP contribution in [0.5, 0.6) is 0 Å². The van der Waals surface area contributed by atoms with E-state index < -0.39 is 6.04 Å². The van der Waals surface area contributed by atoms with Crippen LogP contribution in [0.1, 0.15) is 38.5 Å². The standard InChI is InChI=1S/C19H24N2O5/c1-4-25-19(24)14-5-8-20(9-6-14)17(22)13(3)21-10-7-16-15(18(21)23)11-12(2)26-16/h7,10-11,13-14H,4-6,8-9H2,1-3H3. The van der Waals surface area contributed by atoms with Crippen LogP contribution >= 0.6 is 0 Å². The smallest absolute Gasteiger partial charge is 0.309 e. The number of piperidine rings is 1. The summed E-state index contributed by atoms with van der Waals surface area (Å²) in [4.78, 5) is 39.0. The van der Waals surface area contributed by atoms with Crippen molar-refractivity contribution in [1.82, 2.24) is 9.47 Å². The molecule has 140 valence electrons. The Hall–Kier alpha value is -2.57. The molecule has 0 bridgehead atoms. The molecule has 1 amide bonds. The number of aromatic nitrogens is 1. The van der Waals surface area contributed by atoms with Crippen molar-refractivity contribution in [2.45, 2.75) is 39.7 Å². The van der Waals surface area contributed by atoms with E-state index in [1.165, 1.54) is 4.57 Å². The summed E-state index contributed by atoms with van der Waals surface area (Å²) in [5.41, 5.74) is 0.292. The molecule has 7 nitrogen and oxygen atoms in total. The van der Waals surface area contributed by atoms with Gasteiger partial charge in [0.25, 0.3) is 5.56 Å². The van der Waals surface area contributed by atoms with Gasteiger partial charge in [0.1, 0.15) is 17.4 Å². The summed E-state index contributed by atoms with van der Waals surface area (Å²) in [5.74, 6) is 0.204. The Morgan fingerprint density at radius 2 is 2.04 bits per heavy atom. The van der Waals surface area contributed by atoms with Gasteiger partial charge in [-0.05, 0) is 45.7 Å². The number of nitrogens with zero attached hydrogens (tertiary/aromatic N) is 2. The Balaban J connectivity index is 1.72. The number of pyridine rings is 1. The molecule has 1 atom stereocenters. The predicted octanol–water partition coefficient (Wildman–Crippen LogP) is 2.27. The zero-order chi connectivity index (χ0) is 18.8. The Morgan fingerprint density at radius 3 is 2.69 bits per heavy atom. The lowest BCUT2D eigenvalue weighted by Crippen LogP contribution is -2.44. The average molecular weight is 360 g/mol. The Kier molecular flexibility index (Phi) is 5.15. The van der Waals surface area contributed by atoms with Crippen LogP contribution in [0.25, 0.3) is 11.0 Å². The van der Waals surface area contributed by atoms with Gasteiger partial charge in [0, 0.05) is 19.3 Å². The van der Waals surface area contributed by atoms with Crippen molar-refractivity contribution in [2.24, 2.45) is 5.92 Å². The molecule has 0 saturated carbocycles. The molecule has 2 aromatic rings. The van der Waals surface area contributed by atoms with Gasteiger partial charge in [-0.1, -0.05) is 0 Å². The molecule has 0 N–H and O–H groups in total. The highest BCUT2D eigenvalue weighted by Crippen LogP contribution is 2.22. The van der Waals surface area contributed by atoms with E-state index >= 15 is 0 Å². The maximum Gasteiger partial charge on any atom is 0.309 e. The third kappa shape index (κ3) is 3.38. The lowest BCUT2D eigenvalue weighted by molar-refractivity contribution is -0.151. The van der Waals surface area contributed by atoms with Gasteiger partial charge in [0.05, 0.1) is 17.9 Å². The average Bonchev–Trinajstić information content (AvgIpc) is 3.02. The summed E-state index contributed by atoms with van der Waals surface area (Å²) in [6, 6.07) is 2.79. The highest BCUT2D eigenvalue weighted by atomic mass is 16.5. The maximum atomic E-state index is 12.8. The third-order valence-electron chi connectivity index (χ3n) is 4.94. The molecule has 2 aromatic heterocycles. The van der Waals surface area contributed by atoms with E-state index in [1.807, 2.05) is 0 Å². The predicted molar refractivity (Wildman–Crippen MR) is 95.9 cm³/mol. The largest absolute Gasteiger partial charge is 0.466 e. The van der Waals surface area contributed by atoms with Gasteiger partial charge in [-0.25, -0.2) is 0 Å². The molecule has 26 heavy (non-hydrogen) atoms. The second-order valence-electron chi connectivity index (χ2n) is 6.69. The van der Waals surface area contributed by atoms with E-state index in [4.69, 9.17) is 9.15 Å². The van der Waals surface area contributed by atoms with Gasteiger partial charge in [-0.3, -0.25) is 14.4 Å². The second kappa shape index (κ2) is 7.35. The van der Waals surface area contributed by atoms with Crippen molar-refractivity contribution in [3.63, 3.8) is 0 Å². The molecule has 1 saturated heterocycles. The number of fused-ring (bicyclic) bond motifs is 1. The van der Waals surface area contributed by atoms with Gasteiger partial charge >= 0.3 is 5.97 Å². The van der Waals surface area contributed by atoms with Crippen LogP contribution in [0.3, 0.4) is 0 Å². The topological polar surface area (TPSA) is 81.8 Å². The lowest BCUT2D eigenvalue weighted by Gasteiger charge is -2.33. The number of carbonyl (C=O) groups is 2. The monoisotopic (exact) mass is 360 g/mol. The number of ether oxygens (including phenoxy) is 1. The van der Waals surface area contributed by atoms with Crippen LogP contribution in [0.4, 0.5) is 0 Å². The van der Waals surface area contributed by atoms with Crippen molar-refractivity contribution in [2.75, 3.05) is 19.7 Å². The number of hydrogen-bond acceptors (Lipinski definition) is 5. The number of carbonyl (C=O) groups excluding carboxylic acids is 2. The number of likely N-dealkylation sites (tertiary alicyclic amines) is 1. The molecular formula is C19H24N2O5. The van der Waals surface area contributed by atoms with E-state index in [-0.39, 0.29) is 23.4 Å². The highest BCUT2D eigenvalue weighted by Gasteiger charge is 2.31. The first-order valence-electron chi connectivity index (χ1n) is 8.99. The van der Waals surface area contributed by atoms with Crippen LogP contribution < -0.4 is 5.56 Å². The van der Waals surface area contributed by atoms with E-state index in [9.17, 15) is 14.4 Å². The lowest BCUT2D eigenvalue weighted by atomic mass is 9.96. The van der Waals surface area contributed by atoms with E-state index in [2.05, 4.69) is 0 Å². The zero-order valence-corrected chi connectivity index (χ0v) is 15.4. The fourth-order valence-electron chi connectivity index (χ4n) is 3.46. The van der Waals surface area contributed by atoms with Crippen LogP contribution in [0, 0.1) is 12.8 Å². The molecule has 1 unspecified atom stereocenters. The van der Waals surface area contributed by atoms with Crippen molar-refractivity contribution >= 4 is 22.8 Å². The molecule has 1 fully saturated rings. The second-order valence-corrected chi connectivity index (χ2v) is 6.69. The minimum Gasteiger partial charge on any atom is -0.466 e. The van der Waals surface area contributed by atoms with E-state index in [1.54, 1.807) is 44.0 Å². The molecular weight excluding hydrogens is 336 g/mol. The van der Waals surface area contributed by atoms with E-state index in [0.717, 1.165) is 0 Å². The molecule has 1 aliphatic heterocycles. The zero-order valence-electron chi connectivity index (χ0n) is 15.4. The summed E-state index contributed by atoms with van der Waals surface area (Å²) in [6.07, 6.45) is 2.78. The molecule has 0 aliphatic carbocycles. The number of aryl methyl sites for hydroxylation is 1. The first kappa shape index (κ1) is 18.2. The summed E-state index contributed by atoms with van der Waals surface area (Å²) in [6.45, 7) is 6.65. The van der Waals surface area contributed by atoms with Crippen molar-refractivity contribution in [3.8, 4) is 0 Å². The fourth-order valence-corrected chi connectivity index (χ4v) is 3.46. The van der Waals surface area contributed by atoms with Gasteiger partial charge in [-0.2, -0.15) is 0 Å². The molecule has 0 radical (unpaired) electrons. The highest BCUT2D eigenvalue weighted by molar-refractivity contribution is 5.82. The van der Waals surface area contributed by atoms with Crippen molar-refractivity contribution in [3.05, 3.63) is 34.4 Å². The minimum absolute atomic E-state index is 0.117. The first-order valence-corrected chi connectivity index (χ1v) is 8.99. The summed E-state index contributed by atoms with van der Waals surface area (Å²) < 4.78 is 12.0. The molecule has 7 heteroatoms. The van der Waals surface area contributed by atoms with E-state index in [0.29, 0.717) is 49.3 Å². The van der Waals surface area contributed by atoms with Gasteiger partial charge in [0.2, 0.25) is 5.91 Å². The normalized spacial score (nSPS) is 16.7. The van der Waals surface area contributed by atoms with Crippen LogP contribution in [-0.2, 0) is 14.3 Å². The Bertz CT molecular complexity index is 874. The molecule has 1 aliphatic rings. The maximum absolute atomic E-state index is 12.8. The van der Waals surface area contributed by atoms with Crippen molar-refractivity contribution in [1.29, 1.82) is 0 Å². The number of rotatable bonds is 4. The fraction of sp³-hybridized carbons (Fsp3) is 0.526. The number of furan rings is 1. The minimum atomic E-state index is -0.610. The van der Waals surface area contributed by atoms with Gasteiger partial charge in [0.15, 0.2) is 0 Å². The summed E-state index contributed by atoms with van der Waals surface area (Å²) in [5, 5.41) is 0.477. The molecule has 0 spiro atoms. The molecule has 3 rings (SSSR count). The van der Waals surface area contributed by atoms with Crippen LogP contribution in [-0.4, -0.2) is 41.0 Å². The summed E-state index contributed by atoms with van der Waals surface area (Å²) >= 11 is 0. The van der Waals surface area contributed by atoms with Crippen molar-refractivity contribution < 1.29 is 18.7 Å².